The number of nitrogens with two attached hydrogens (primary N) is 1. The molecule has 0 amide bonds. The molecule has 6 N–H and O–H groups in total. The molecular weight excluding hydrogens is 150 g/mol. The Labute approximate surface area is 64.1 Å². The molecule has 1 aliphatic carbocycles. The molecule has 0 radical (unpaired) electrons. The standard InChI is InChI=1S/C6H13NO4/c7-2-1-3(8)5(10)6(11)4(2)9/h2-6,8-11H,1,7H2/t2-,3-,4+,5+,6+/m1/s1. The fourth-order valence-electron chi connectivity index (χ4n) is 1.24. The van der Waals surface area contributed by atoms with Crippen molar-refractivity contribution in [2.45, 2.75) is 36.9 Å². The Morgan fingerprint density at radius 1 is 0.909 bits per heavy atom. The van der Waals surface area contributed by atoms with Crippen molar-refractivity contribution in [1.29, 1.82) is 0 Å². The summed E-state index contributed by atoms with van der Waals surface area (Å²) in [4.78, 5) is 0. The quantitative estimate of drug-likeness (QED) is 0.264. The van der Waals surface area contributed by atoms with Crippen molar-refractivity contribution < 1.29 is 20.4 Å². The molecule has 1 aliphatic rings. The smallest absolute Gasteiger partial charge is 0.110 e. The normalized spacial score (nSPS) is 52.6. The van der Waals surface area contributed by atoms with Crippen molar-refractivity contribution in [3.63, 3.8) is 0 Å². The molecule has 1 fully saturated rings. The molecule has 5 heteroatoms. The first-order chi connectivity index (χ1) is 5.04. The summed E-state index contributed by atoms with van der Waals surface area (Å²) < 4.78 is 0. The first-order valence-electron chi connectivity index (χ1n) is 3.52. The van der Waals surface area contributed by atoms with Gasteiger partial charge in [0, 0.05) is 6.04 Å². The Bertz CT molecular complexity index is 129. The zero-order chi connectivity index (χ0) is 8.59. The van der Waals surface area contributed by atoms with E-state index in [1.807, 2.05) is 0 Å². The molecule has 5 atom stereocenters. The number of aliphatic hydroxyl groups excluding tert-OH is 4. The van der Waals surface area contributed by atoms with Gasteiger partial charge in [0.15, 0.2) is 0 Å². The maximum absolute atomic E-state index is 9.09. The van der Waals surface area contributed by atoms with Crippen molar-refractivity contribution >= 4 is 0 Å². The SMILES string of the molecule is N[C@@H]1C[C@@H](O)[C@H](O)[C@@H](O)[C@H]1O. The minimum Gasteiger partial charge on any atom is -0.390 e. The van der Waals surface area contributed by atoms with Gasteiger partial charge in [-0.1, -0.05) is 0 Å². The predicted molar refractivity (Wildman–Crippen MR) is 36.6 cm³/mol. The van der Waals surface area contributed by atoms with Crippen LogP contribution in [0.25, 0.3) is 0 Å². The van der Waals surface area contributed by atoms with Crippen LogP contribution in [0.3, 0.4) is 0 Å². The van der Waals surface area contributed by atoms with Crippen molar-refractivity contribution in [1.82, 2.24) is 0 Å². The Kier molecular flexibility index (Phi) is 2.46. The van der Waals surface area contributed by atoms with Crippen LogP contribution in [-0.2, 0) is 0 Å². The Balaban J connectivity index is 2.63. The van der Waals surface area contributed by atoms with Crippen molar-refractivity contribution in [2.75, 3.05) is 0 Å². The summed E-state index contributed by atoms with van der Waals surface area (Å²) in [7, 11) is 0. The average Bonchev–Trinajstić information content (AvgIpc) is 1.97. The van der Waals surface area contributed by atoms with Crippen molar-refractivity contribution in [2.24, 2.45) is 5.73 Å². The lowest BCUT2D eigenvalue weighted by Crippen LogP contribution is -2.58. The Morgan fingerprint density at radius 3 is 2.00 bits per heavy atom. The number of hydrogen-bond acceptors (Lipinski definition) is 5. The summed E-state index contributed by atoms with van der Waals surface area (Å²) in [6.07, 6.45) is -4.70. The molecule has 0 heterocycles. The summed E-state index contributed by atoms with van der Waals surface area (Å²) in [5, 5.41) is 36.2. The lowest BCUT2D eigenvalue weighted by Gasteiger charge is -2.36. The molecule has 0 unspecified atom stereocenters. The van der Waals surface area contributed by atoms with E-state index < -0.39 is 30.5 Å². The Morgan fingerprint density at radius 2 is 1.45 bits per heavy atom. The second-order valence-electron chi connectivity index (χ2n) is 2.94. The van der Waals surface area contributed by atoms with Gasteiger partial charge < -0.3 is 26.2 Å². The molecule has 0 saturated heterocycles. The van der Waals surface area contributed by atoms with E-state index in [1.54, 1.807) is 0 Å². The van der Waals surface area contributed by atoms with Gasteiger partial charge in [-0.25, -0.2) is 0 Å². The van der Waals surface area contributed by atoms with Crippen LogP contribution >= 0.6 is 0 Å². The maximum Gasteiger partial charge on any atom is 0.110 e. The highest BCUT2D eigenvalue weighted by atomic mass is 16.4. The summed E-state index contributed by atoms with van der Waals surface area (Å²) >= 11 is 0. The van der Waals surface area contributed by atoms with Crippen LogP contribution in [0.5, 0.6) is 0 Å². The zero-order valence-corrected chi connectivity index (χ0v) is 5.96. The van der Waals surface area contributed by atoms with Crippen LogP contribution in [0.15, 0.2) is 0 Å². The summed E-state index contributed by atoms with van der Waals surface area (Å²) in [5.74, 6) is 0. The monoisotopic (exact) mass is 163 g/mol. The van der Waals surface area contributed by atoms with E-state index in [0.717, 1.165) is 0 Å². The minimum absolute atomic E-state index is 0.111. The van der Waals surface area contributed by atoms with Gasteiger partial charge in [-0.15, -0.1) is 0 Å². The van der Waals surface area contributed by atoms with Crippen LogP contribution in [0.1, 0.15) is 6.42 Å². The lowest BCUT2D eigenvalue weighted by molar-refractivity contribution is -0.141. The molecule has 0 aromatic rings. The lowest BCUT2D eigenvalue weighted by atomic mass is 9.86. The van der Waals surface area contributed by atoms with E-state index in [-0.39, 0.29) is 6.42 Å². The average molecular weight is 163 g/mol. The number of hydrogen-bond donors (Lipinski definition) is 5. The molecule has 1 rings (SSSR count). The van der Waals surface area contributed by atoms with Gasteiger partial charge in [-0.3, -0.25) is 0 Å². The molecule has 0 aliphatic heterocycles. The Hall–Kier alpha value is -0.200. The molecule has 66 valence electrons. The molecule has 11 heavy (non-hydrogen) atoms. The fourth-order valence-corrected chi connectivity index (χ4v) is 1.24. The van der Waals surface area contributed by atoms with Crippen molar-refractivity contribution in [3.8, 4) is 0 Å². The maximum atomic E-state index is 9.09. The predicted octanol–water partition coefficient (Wildman–Crippen LogP) is -2.84. The van der Waals surface area contributed by atoms with Gasteiger partial charge in [0.1, 0.15) is 12.2 Å². The third-order valence-corrected chi connectivity index (χ3v) is 2.05. The highest BCUT2D eigenvalue weighted by Gasteiger charge is 2.40. The van der Waals surface area contributed by atoms with Crippen LogP contribution in [-0.4, -0.2) is 50.9 Å². The fraction of sp³-hybridized carbons (Fsp3) is 1.00. The molecule has 0 bridgehead atoms. The minimum atomic E-state index is -1.34. The zero-order valence-electron chi connectivity index (χ0n) is 5.96. The van der Waals surface area contributed by atoms with Crippen LogP contribution < -0.4 is 5.73 Å². The molecule has 1 saturated carbocycles. The van der Waals surface area contributed by atoms with E-state index >= 15 is 0 Å². The van der Waals surface area contributed by atoms with E-state index in [4.69, 9.17) is 26.2 Å². The molecule has 0 aromatic carbocycles. The van der Waals surface area contributed by atoms with Gasteiger partial charge in [0.05, 0.1) is 12.2 Å². The highest BCUT2D eigenvalue weighted by Crippen LogP contribution is 2.18. The van der Waals surface area contributed by atoms with Gasteiger partial charge in [-0.2, -0.15) is 0 Å². The number of aliphatic hydroxyl groups is 4. The van der Waals surface area contributed by atoms with Crippen LogP contribution in [0.4, 0.5) is 0 Å². The van der Waals surface area contributed by atoms with Crippen LogP contribution in [0.2, 0.25) is 0 Å². The van der Waals surface area contributed by atoms with E-state index in [9.17, 15) is 0 Å². The summed E-state index contributed by atoms with van der Waals surface area (Å²) in [6, 6.07) is -0.664. The molecule has 0 aromatic heterocycles. The van der Waals surface area contributed by atoms with Gasteiger partial charge >= 0.3 is 0 Å². The molecule has 5 nitrogen and oxygen atoms in total. The van der Waals surface area contributed by atoms with E-state index in [2.05, 4.69) is 0 Å². The summed E-state index contributed by atoms with van der Waals surface area (Å²) in [6.45, 7) is 0. The van der Waals surface area contributed by atoms with Gasteiger partial charge in [-0.05, 0) is 6.42 Å². The second kappa shape index (κ2) is 3.04. The van der Waals surface area contributed by atoms with Gasteiger partial charge in [0.2, 0.25) is 0 Å². The largest absolute Gasteiger partial charge is 0.390 e. The first kappa shape index (κ1) is 8.89. The first-order valence-corrected chi connectivity index (χ1v) is 3.52. The van der Waals surface area contributed by atoms with Crippen molar-refractivity contribution in [3.05, 3.63) is 0 Å². The third kappa shape index (κ3) is 1.52. The van der Waals surface area contributed by atoms with Gasteiger partial charge in [0.25, 0.3) is 0 Å². The second-order valence-corrected chi connectivity index (χ2v) is 2.94. The molecular formula is C6H13NO4. The highest BCUT2D eigenvalue weighted by molar-refractivity contribution is 4.94. The number of rotatable bonds is 0. The third-order valence-electron chi connectivity index (χ3n) is 2.05. The van der Waals surface area contributed by atoms with E-state index in [1.165, 1.54) is 0 Å². The van der Waals surface area contributed by atoms with Crippen LogP contribution in [0, 0.1) is 0 Å². The van der Waals surface area contributed by atoms with E-state index in [0.29, 0.717) is 0 Å². The summed E-state index contributed by atoms with van der Waals surface area (Å²) in [5.41, 5.74) is 5.34. The topological polar surface area (TPSA) is 107 Å². The molecule has 0 spiro atoms.